The normalized spacial score (nSPS) is 16.2. The van der Waals surface area contributed by atoms with E-state index in [2.05, 4.69) is 0 Å². The Morgan fingerprint density at radius 3 is 2.32 bits per heavy atom. The van der Waals surface area contributed by atoms with Gasteiger partial charge in [-0.3, -0.25) is 24.5 Å². The number of hydrogen-bond acceptors (Lipinski definition) is 7. The zero-order chi connectivity index (χ0) is 27.0. The van der Waals surface area contributed by atoms with Crippen LogP contribution in [0.15, 0.2) is 90.7 Å². The van der Waals surface area contributed by atoms with Crippen molar-refractivity contribution in [3.05, 3.63) is 123 Å². The van der Waals surface area contributed by atoms with Crippen LogP contribution in [0.3, 0.4) is 0 Å². The summed E-state index contributed by atoms with van der Waals surface area (Å²) in [4.78, 5) is 61.5. The van der Waals surface area contributed by atoms with E-state index in [9.17, 15) is 29.3 Å². The van der Waals surface area contributed by atoms with Gasteiger partial charge in [-0.05, 0) is 61.0 Å². The predicted molar refractivity (Wildman–Crippen MR) is 134 cm³/mol. The topological polar surface area (TPSA) is 144 Å². The number of rotatable bonds is 7. The Labute approximate surface area is 215 Å². The van der Waals surface area contributed by atoms with E-state index >= 15 is 0 Å². The van der Waals surface area contributed by atoms with Crippen molar-refractivity contribution in [3.63, 3.8) is 0 Å². The molecule has 0 bridgehead atoms. The third kappa shape index (κ3) is 4.46. The number of Topliss-reactive ketones (excluding diaryl/α,β-unsaturated/α-hetero) is 1. The van der Waals surface area contributed by atoms with Crippen molar-refractivity contribution in [3.8, 4) is 5.75 Å². The average molecular weight is 510 g/mol. The first-order valence-corrected chi connectivity index (χ1v) is 11.4. The number of carboxylic acid groups (broad SMARTS) is 1. The number of carbonyl (C=O) groups excluding carboxylic acids is 3. The molecule has 1 N–H and O–H groups in total. The second-order valence-corrected chi connectivity index (χ2v) is 8.59. The number of nitro groups is 1. The molecule has 0 spiro atoms. The van der Waals surface area contributed by atoms with Crippen LogP contribution in [0, 0.1) is 16.0 Å². The second kappa shape index (κ2) is 9.58. The lowest BCUT2D eigenvalue weighted by molar-refractivity contribution is -0.384. The van der Waals surface area contributed by atoms with Crippen LogP contribution < -0.4 is 9.64 Å². The molecule has 10 nitrogen and oxygen atoms in total. The lowest BCUT2D eigenvalue weighted by Gasteiger charge is -2.16. The Kier molecular flexibility index (Phi) is 6.13. The summed E-state index contributed by atoms with van der Waals surface area (Å²) < 4.78 is 5.73. The highest BCUT2D eigenvalue weighted by Crippen LogP contribution is 2.32. The first kappa shape index (κ1) is 24.3. The highest BCUT2D eigenvalue weighted by atomic mass is 16.6. The molecule has 188 valence electrons. The summed E-state index contributed by atoms with van der Waals surface area (Å²) in [5.74, 6) is -2.14. The molecule has 0 fully saturated rings. The van der Waals surface area contributed by atoms with Crippen LogP contribution in [0.4, 0.5) is 11.4 Å². The maximum atomic E-state index is 13.2. The smallest absolute Gasteiger partial charge is 0.335 e. The summed E-state index contributed by atoms with van der Waals surface area (Å²) in [5, 5.41) is 20.1. The molecule has 38 heavy (non-hydrogen) atoms. The van der Waals surface area contributed by atoms with Gasteiger partial charge in [0, 0.05) is 23.6 Å². The molecule has 0 aromatic heterocycles. The number of ketones is 1. The molecule has 3 aromatic rings. The summed E-state index contributed by atoms with van der Waals surface area (Å²) in [6.07, 6.45) is 5.39. The Balaban J connectivity index is 1.30. The van der Waals surface area contributed by atoms with Crippen LogP contribution in [0.25, 0.3) is 0 Å². The number of non-ortho nitro benzene ring substituents is 1. The number of hydrogen-bond donors (Lipinski definition) is 1. The van der Waals surface area contributed by atoms with Gasteiger partial charge < -0.3 is 9.84 Å². The number of fused-ring (bicyclic) bond motifs is 1. The average Bonchev–Trinajstić information content (AvgIpc) is 3.18. The van der Waals surface area contributed by atoms with E-state index in [0.29, 0.717) is 17.9 Å². The molecule has 0 saturated carbocycles. The number of carboxylic acids is 1. The van der Waals surface area contributed by atoms with Crippen molar-refractivity contribution in [1.82, 2.24) is 0 Å². The van der Waals surface area contributed by atoms with Crippen molar-refractivity contribution < 1.29 is 33.9 Å². The number of carbonyl (C=O) groups is 4. The predicted octanol–water partition coefficient (Wildman–Crippen LogP) is 4.82. The van der Waals surface area contributed by atoms with E-state index in [1.165, 1.54) is 60.7 Å². The fraction of sp³-hybridized carbons (Fsp3) is 0.0714. The highest BCUT2D eigenvalue weighted by Gasteiger charge is 2.38. The van der Waals surface area contributed by atoms with Crippen LogP contribution in [0.1, 0.15) is 47.9 Å². The number of nitro benzene ring substituents is 1. The van der Waals surface area contributed by atoms with E-state index in [4.69, 9.17) is 9.84 Å². The Morgan fingerprint density at radius 2 is 1.66 bits per heavy atom. The minimum Gasteiger partial charge on any atom is -0.478 e. The molecule has 10 heteroatoms. The van der Waals surface area contributed by atoms with Crippen molar-refractivity contribution in [2.24, 2.45) is 5.92 Å². The van der Waals surface area contributed by atoms with E-state index in [0.717, 1.165) is 11.0 Å². The first-order valence-electron chi connectivity index (χ1n) is 11.4. The maximum Gasteiger partial charge on any atom is 0.335 e. The summed E-state index contributed by atoms with van der Waals surface area (Å²) in [6.45, 7) is 0. The number of allylic oxidation sites excluding steroid dienone is 3. The minimum absolute atomic E-state index is 0.0523. The fourth-order valence-electron chi connectivity index (χ4n) is 4.26. The number of aromatic carboxylic acids is 1. The van der Waals surface area contributed by atoms with Gasteiger partial charge in [0.2, 0.25) is 0 Å². The molecule has 1 aliphatic carbocycles. The third-order valence-corrected chi connectivity index (χ3v) is 6.21. The summed E-state index contributed by atoms with van der Waals surface area (Å²) in [5.41, 5.74) is 0.371. The molecule has 0 saturated heterocycles. The zero-order valence-corrected chi connectivity index (χ0v) is 19.6. The molecule has 1 unspecified atom stereocenters. The maximum absolute atomic E-state index is 13.2. The van der Waals surface area contributed by atoms with Crippen molar-refractivity contribution >= 4 is 34.9 Å². The molecule has 5 rings (SSSR count). The van der Waals surface area contributed by atoms with Crippen molar-refractivity contribution in [1.29, 1.82) is 0 Å². The number of imide groups is 1. The van der Waals surface area contributed by atoms with Crippen LogP contribution in [0.2, 0.25) is 0 Å². The third-order valence-electron chi connectivity index (χ3n) is 6.21. The first-order chi connectivity index (χ1) is 18.2. The van der Waals surface area contributed by atoms with Crippen LogP contribution in [-0.2, 0) is 0 Å². The quantitative estimate of drug-likeness (QED) is 0.206. The second-order valence-electron chi connectivity index (χ2n) is 8.59. The number of amides is 2. The van der Waals surface area contributed by atoms with Gasteiger partial charge in [0.05, 0.1) is 27.3 Å². The van der Waals surface area contributed by atoms with Crippen LogP contribution >= 0.6 is 0 Å². The summed E-state index contributed by atoms with van der Waals surface area (Å²) in [6, 6.07) is 15.4. The molecular formula is C28H18N2O8. The molecular weight excluding hydrogens is 492 g/mol. The van der Waals surface area contributed by atoms with Crippen LogP contribution in [-0.4, -0.2) is 33.6 Å². The van der Waals surface area contributed by atoms with E-state index in [1.54, 1.807) is 18.2 Å². The SMILES string of the molecule is O=C(O)c1ccc(OC2=CCC(C(=O)c3ccc4c(c3)C(=O)N(c3cccc([N+](=O)[O-])c3)C4=O)C=C2)cc1. The highest BCUT2D eigenvalue weighted by molar-refractivity contribution is 6.34. The molecule has 1 heterocycles. The van der Waals surface area contributed by atoms with Gasteiger partial charge in [-0.2, -0.15) is 0 Å². The molecule has 1 aliphatic heterocycles. The van der Waals surface area contributed by atoms with Crippen molar-refractivity contribution in [2.45, 2.75) is 6.42 Å². The number of anilines is 1. The Bertz CT molecular complexity index is 1590. The van der Waals surface area contributed by atoms with Gasteiger partial charge in [-0.1, -0.05) is 18.2 Å². The molecule has 1 atom stereocenters. The molecule has 2 amide bonds. The monoisotopic (exact) mass is 510 g/mol. The van der Waals surface area contributed by atoms with Crippen molar-refractivity contribution in [2.75, 3.05) is 4.90 Å². The van der Waals surface area contributed by atoms with Gasteiger partial charge in [0.25, 0.3) is 17.5 Å². The van der Waals surface area contributed by atoms with Crippen LogP contribution in [0.5, 0.6) is 5.75 Å². The minimum atomic E-state index is -1.04. The van der Waals surface area contributed by atoms with E-state index in [1.807, 2.05) is 0 Å². The lowest BCUT2D eigenvalue weighted by Crippen LogP contribution is -2.29. The van der Waals surface area contributed by atoms with Gasteiger partial charge >= 0.3 is 5.97 Å². The Hall–Kier alpha value is -5.38. The largest absolute Gasteiger partial charge is 0.478 e. The van der Waals surface area contributed by atoms with Gasteiger partial charge in [0.15, 0.2) is 5.78 Å². The number of ether oxygens (including phenoxy) is 1. The standard InChI is InChI=1S/C28H18N2O8/c31-25(16-4-9-21(10-5-16)38-22-11-6-17(7-12-22)28(34)35)18-8-13-23-24(14-18)27(33)29(26(23)32)19-2-1-3-20(15-19)30(36)37/h1-4,6-16H,5H2,(H,34,35). The summed E-state index contributed by atoms with van der Waals surface area (Å²) >= 11 is 0. The lowest BCUT2D eigenvalue weighted by atomic mass is 9.90. The number of benzene rings is 3. The van der Waals surface area contributed by atoms with Gasteiger partial charge in [0.1, 0.15) is 11.5 Å². The molecule has 0 radical (unpaired) electrons. The van der Waals surface area contributed by atoms with Gasteiger partial charge in [-0.15, -0.1) is 0 Å². The summed E-state index contributed by atoms with van der Waals surface area (Å²) in [7, 11) is 0. The zero-order valence-electron chi connectivity index (χ0n) is 19.6. The van der Waals surface area contributed by atoms with Gasteiger partial charge in [-0.25, -0.2) is 9.69 Å². The number of nitrogens with zero attached hydrogens (tertiary/aromatic N) is 2. The molecule has 2 aliphatic rings. The Morgan fingerprint density at radius 1 is 0.947 bits per heavy atom. The molecule has 3 aromatic carbocycles. The van der Waals surface area contributed by atoms with E-state index in [-0.39, 0.29) is 39.4 Å². The fourth-order valence-corrected chi connectivity index (χ4v) is 4.26. The van der Waals surface area contributed by atoms with E-state index < -0.39 is 28.6 Å².